The van der Waals surface area contributed by atoms with Crippen LogP contribution in [0, 0.1) is 0 Å². The van der Waals surface area contributed by atoms with Crippen molar-refractivity contribution in [2.24, 2.45) is 0 Å². The monoisotopic (exact) mass is 797 g/mol. The first-order valence-corrected chi connectivity index (χ1v) is 45.3. The van der Waals surface area contributed by atoms with Gasteiger partial charge in [0.1, 0.15) is 0 Å². The highest BCUT2D eigenvalue weighted by Crippen LogP contribution is 2.80. The largest absolute Gasteiger partial charge is 0.0682 e. The molecule has 0 aromatic rings. The fraction of sp³-hybridized carbons (Fsp3) is 1.00. The predicted octanol–water partition coefficient (Wildman–Crippen LogP) is 14.9. The summed E-state index contributed by atoms with van der Waals surface area (Å²) in [4.78, 5) is 0. The Kier molecular flexibility index (Phi) is 11.6. The molecule has 2 saturated heterocycles. The van der Waals surface area contributed by atoms with Gasteiger partial charge >= 0.3 is 0 Å². The van der Waals surface area contributed by atoms with Crippen LogP contribution in [-0.2, 0) is 0 Å². The summed E-state index contributed by atoms with van der Waals surface area (Å²) in [6.45, 7) is 79.0. The van der Waals surface area contributed by atoms with E-state index in [1.807, 2.05) is 0 Å². The summed E-state index contributed by atoms with van der Waals surface area (Å²) in [5, 5.41) is 3.72. The maximum Gasteiger partial charge on any atom is 0.0588 e. The Balaban J connectivity index is 4.11. The molecular weight excluding hydrogens is 705 g/mol. The summed E-state index contributed by atoms with van der Waals surface area (Å²) in [5.41, 5.74) is 0. The Morgan fingerprint density at radius 1 is 0.250 bits per heavy atom. The van der Waals surface area contributed by atoms with Gasteiger partial charge in [0.15, 0.2) is 0 Å². The summed E-state index contributed by atoms with van der Waals surface area (Å²) < 4.78 is 0. The predicted molar refractivity (Wildman–Crippen MR) is 246 cm³/mol. The third-order valence-corrected chi connectivity index (χ3v) is 232. The Bertz CT molecular complexity index is 998. The summed E-state index contributed by atoms with van der Waals surface area (Å²) >= 11 is 0. The van der Waals surface area contributed by atoms with Gasteiger partial charge in [-0.3, -0.25) is 0 Å². The van der Waals surface area contributed by atoms with Crippen molar-refractivity contribution in [3.8, 4) is 0 Å². The van der Waals surface area contributed by atoms with Crippen LogP contribution in [0.1, 0.15) is 194 Å². The zero-order valence-corrected chi connectivity index (χ0v) is 46.8. The molecule has 2 fully saturated rings. The highest BCUT2D eigenvalue weighted by atomic mass is 30.4. The summed E-state index contributed by atoms with van der Waals surface area (Å²) in [7, 11) is -11.0. The topological polar surface area (TPSA) is 0 Å². The molecule has 8 heteroatoms. The molecule has 0 atom stereocenters. The first-order valence-electron chi connectivity index (χ1n) is 20.5. The van der Waals surface area contributed by atoms with E-state index in [2.05, 4.69) is 194 Å². The Morgan fingerprint density at radius 2 is 0.354 bits per heavy atom. The van der Waals surface area contributed by atoms with Gasteiger partial charge in [0.25, 0.3) is 0 Å². The fourth-order valence-corrected chi connectivity index (χ4v) is 460. The van der Waals surface area contributed by atoms with Crippen molar-refractivity contribution in [2.75, 3.05) is 0 Å². The molecule has 2 aliphatic rings. The minimum atomic E-state index is -1.88. The maximum atomic E-state index is 2.88. The lowest BCUT2D eigenvalue weighted by atomic mass is 10.2. The second-order valence-electron chi connectivity index (χ2n) is 25.3. The number of hydrogen-bond acceptors (Lipinski definition) is 0. The van der Waals surface area contributed by atoms with E-state index in [1.165, 1.54) is 0 Å². The molecule has 0 aromatic heterocycles. The fourth-order valence-electron chi connectivity index (χ4n) is 18.6. The molecule has 0 saturated carbocycles. The van der Waals surface area contributed by atoms with Gasteiger partial charge in [-0.1, -0.05) is 218 Å². The molecule has 0 nitrogen and oxygen atoms in total. The van der Waals surface area contributed by atoms with Crippen LogP contribution < -0.4 is 0 Å². The Morgan fingerprint density at radius 3 is 0.417 bits per heavy atom. The first-order chi connectivity index (χ1) is 20.7. The van der Waals surface area contributed by atoms with Crippen molar-refractivity contribution in [1.82, 2.24) is 0 Å². The average molecular weight is 798 g/mol. The van der Waals surface area contributed by atoms with E-state index in [0.29, 0.717) is 40.3 Å². The number of hydrogen-bond donors (Lipinski definition) is 0. The second-order valence-corrected chi connectivity index (χ2v) is 108. The average Bonchev–Trinajstić information content (AvgIpc) is 2.73. The van der Waals surface area contributed by atoms with E-state index in [4.69, 9.17) is 0 Å². The minimum Gasteiger partial charge on any atom is -0.0682 e. The van der Waals surface area contributed by atoms with Gasteiger partial charge in [-0.15, -0.1) is 0 Å². The lowest BCUT2D eigenvalue weighted by Gasteiger charge is -2.90. The highest BCUT2D eigenvalue weighted by molar-refractivity contribution is 8.24. The molecular formula is C40H92Si8. The van der Waals surface area contributed by atoms with Crippen molar-refractivity contribution in [3.63, 3.8) is 0 Å². The highest BCUT2D eigenvalue weighted by Gasteiger charge is 2.94. The van der Waals surface area contributed by atoms with Crippen molar-refractivity contribution in [3.05, 3.63) is 0 Å². The summed E-state index contributed by atoms with van der Waals surface area (Å²) in [6, 6.07) is 6.32. The van der Waals surface area contributed by atoms with E-state index in [-0.39, 0.29) is 0 Å². The van der Waals surface area contributed by atoms with Gasteiger partial charge in [-0.05, 0) is 54.2 Å². The SMILES string of the molecule is CC[Si]1(CC)[Si](C(C)(C)C)(C(C)(C)C)[Si](=[Si]2[Si](C(C)(C)C)(C(C)(C)C)[Si](CC)(CC)[Si]2(C(C)(C)C)C(C)(C)C)[Si]1(C(C)(C)C)C(C)(C)C. The van der Waals surface area contributed by atoms with Crippen molar-refractivity contribution < 1.29 is 0 Å². The van der Waals surface area contributed by atoms with Gasteiger partial charge in [0.2, 0.25) is 0 Å². The molecule has 2 rings (SSSR count). The smallest absolute Gasteiger partial charge is 0.0588 e. The molecule has 0 bridgehead atoms. The van der Waals surface area contributed by atoms with Crippen LogP contribution in [0.2, 0.25) is 64.5 Å². The zero-order chi connectivity index (χ0) is 39.0. The molecule has 0 aromatic carbocycles. The van der Waals surface area contributed by atoms with Crippen LogP contribution in [0.4, 0.5) is 0 Å². The second kappa shape index (κ2) is 12.1. The van der Waals surface area contributed by atoms with E-state index >= 15 is 0 Å². The number of rotatable bonds is 4. The van der Waals surface area contributed by atoms with E-state index in [1.54, 1.807) is 24.2 Å². The van der Waals surface area contributed by atoms with Crippen molar-refractivity contribution in [1.29, 1.82) is 0 Å². The molecule has 2 aliphatic heterocycles. The standard InChI is InChI=1S/C40H92Si8/c1-29-43(30-2)45(33(5,6)7,34(8,9)10)41(46(43,35(11,12)13)36(14,15)16)42-47(37(17,18)19,38(20,21)22)44(31-3,32-4)48(42,39(23,24)25)40(26,27)28/h29-32H2,1-28H3. The summed E-state index contributed by atoms with van der Waals surface area (Å²) in [6.07, 6.45) is 0. The third kappa shape index (κ3) is 4.65. The summed E-state index contributed by atoms with van der Waals surface area (Å²) in [5.74, 6) is 0. The van der Waals surface area contributed by atoms with Gasteiger partial charge in [0, 0.05) is 14.2 Å². The molecule has 48 heavy (non-hydrogen) atoms. The molecule has 0 aliphatic carbocycles. The van der Waals surface area contributed by atoms with Gasteiger partial charge < -0.3 is 0 Å². The van der Waals surface area contributed by atoms with Crippen LogP contribution in [-0.4, -0.2) is 56.5 Å². The third-order valence-electron chi connectivity index (χ3n) is 16.0. The van der Waals surface area contributed by atoms with Crippen LogP contribution in [0.5, 0.6) is 0 Å². The molecule has 284 valence electrons. The van der Waals surface area contributed by atoms with Crippen LogP contribution in [0.25, 0.3) is 0 Å². The molecule has 0 unspecified atom stereocenters. The van der Waals surface area contributed by atoms with Gasteiger partial charge in [-0.25, -0.2) is 0 Å². The van der Waals surface area contributed by atoms with E-state index in [0.717, 1.165) is 0 Å². The lowest BCUT2D eigenvalue weighted by molar-refractivity contribution is 0.621. The Labute approximate surface area is 312 Å². The molecule has 0 amide bonds. The van der Waals surface area contributed by atoms with Crippen LogP contribution in [0.3, 0.4) is 0 Å². The zero-order valence-electron chi connectivity index (χ0n) is 38.8. The molecule has 2 heterocycles. The first kappa shape index (κ1) is 45.9. The molecule has 0 radical (unpaired) electrons. The maximum absolute atomic E-state index is 2.88. The van der Waals surface area contributed by atoms with E-state index in [9.17, 15) is 0 Å². The molecule has 0 spiro atoms. The van der Waals surface area contributed by atoms with Crippen LogP contribution in [0.15, 0.2) is 0 Å². The lowest BCUT2D eigenvalue weighted by Crippen LogP contribution is -3.13. The Hall–Kier alpha value is 1.74. The van der Waals surface area contributed by atoms with E-state index < -0.39 is 56.5 Å². The normalized spacial score (nSPS) is 24.2. The van der Waals surface area contributed by atoms with Crippen molar-refractivity contribution in [2.45, 2.75) is 258 Å². The minimum absolute atomic E-state index is 0.465. The van der Waals surface area contributed by atoms with Crippen molar-refractivity contribution >= 4 is 56.5 Å². The van der Waals surface area contributed by atoms with Gasteiger partial charge in [0.05, 0.1) is 28.4 Å². The van der Waals surface area contributed by atoms with Gasteiger partial charge in [-0.2, -0.15) is 0 Å². The quantitative estimate of drug-likeness (QED) is 0.249. The molecule has 0 N–H and O–H groups in total. The van der Waals surface area contributed by atoms with Crippen LogP contribution >= 0.6 is 0 Å².